The first-order chi connectivity index (χ1) is 6.15. The van der Waals surface area contributed by atoms with E-state index in [9.17, 15) is 4.39 Å². The van der Waals surface area contributed by atoms with Crippen molar-refractivity contribution >= 4 is 0 Å². The molecule has 1 heterocycles. The van der Waals surface area contributed by atoms with Crippen LogP contribution in [0.5, 0.6) is 0 Å². The molecule has 0 spiro atoms. The Bertz CT molecular complexity index is 266. The van der Waals surface area contributed by atoms with Gasteiger partial charge in [-0.2, -0.15) is 5.10 Å². The Kier molecular flexibility index (Phi) is 3.46. The molecule has 0 aliphatic rings. The molecular weight excluding hydrogens is 167 g/mol. The highest BCUT2D eigenvalue weighted by Crippen LogP contribution is 2.09. The van der Waals surface area contributed by atoms with E-state index in [0.717, 1.165) is 18.7 Å². The van der Waals surface area contributed by atoms with E-state index in [-0.39, 0.29) is 5.82 Å². The van der Waals surface area contributed by atoms with Crippen LogP contribution >= 0.6 is 0 Å². The predicted octanol–water partition coefficient (Wildman–Crippen LogP) is 2.63. The van der Waals surface area contributed by atoms with Crippen molar-refractivity contribution in [3.05, 3.63) is 17.7 Å². The summed E-state index contributed by atoms with van der Waals surface area (Å²) in [7, 11) is 0. The van der Waals surface area contributed by atoms with Gasteiger partial charge in [-0.3, -0.25) is 4.68 Å². The van der Waals surface area contributed by atoms with Crippen LogP contribution in [0.4, 0.5) is 4.39 Å². The van der Waals surface area contributed by atoms with Crippen molar-refractivity contribution in [3.63, 3.8) is 0 Å². The zero-order valence-corrected chi connectivity index (χ0v) is 8.55. The van der Waals surface area contributed by atoms with Crippen LogP contribution in [-0.2, 0) is 13.0 Å². The molecule has 0 atom stereocenters. The first-order valence-electron chi connectivity index (χ1n) is 4.85. The number of nitrogens with zero attached hydrogens (tertiary/aromatic N) is 2. The molecule has 0 saturated carbocycles. The normalized spacial score (nSPS) is 11.2. The number of aromatic nitrogens is 2. The van der Waals surface area contributed by atoms with Crippen molar-refractivity contribution in [1.82, 2.24) is 9.78 Å². The number of hydrogen-bond acceptors (Lipinski definition) is 1. The minimum atomic E-state index is -0.175. The van der Waals surface area contributed by atoms with E-state index in [1.54, 1.807) is 4.68 Å². The van der Waals surface area contributed by atoms with Gasteiger partial charge >= 0.3 is 0 Å². The largest absolute Gasteiger partial charge is 0.267 e. The van der Waals surface area contributed by atoms with Gasteiger partial charge < -0.3 is 0 Å². The van der Waals surface area contributed by atoms with Crippen molar-refractivity contribution in [1.29, 1.82) is 0 Å². The van der Waals surface area contributed by atoms with Crippen molar-refractivity contribution in [2.75, 3.05) is 0 Å². The average Bonchev–Trinajstić information content (AvgIpc) is 2.42. The molecule has 1 aromatic rings. The van der Waals surface area contributed by atoms with Crippen LogP contribution in [0, 0.1) is 11.7 Å². The van der Waals surface area contributed by atoms with Gasteiger partial charge in [-0.1, -0.05) is 20.8 Å². The summed E-state index contributed by atoms with van der Waals surface area (Å²) in [6.07, 6.45) is 3.07. The molecule has 0 radical (unpaired) electrons. The Balaban J connectivity index is 2.65. The quantitative estimate of drug-likeness (QED) is 0.703. The molecule has 1 rings (SSSR count). The van der Waals surface area contributed by atoms with Gasteiger partial charge in [0.2, 0.25) is 0 Å². The minimum absolute atomic E-state index is 0.175. The molecule has 0 unspecified atom stereocenters. The Morgan fingerprint density at radius 1 is 1.54 bits per heavy atom. The molecule has 2 nitrogen and oxygen atoms in total. The monoisotopic (exact) mass is 184 g/mol. The number of hydrogen-bond donors (Lipinski definition) is 0. The van der Waals surface area contributed by atoms with Crippen LogP contribution in [-0.4, -0.2) is 9.78 Å². The first kappa shape index (κ1) is 10.2. The second-order valence-corrected chi connectivity index (χ2v) is 3.70. The number of halogens is 1. The molecule has 0 fully saturated rings. The second kappa shape index (κ2) is 4.40. The van der Waals surface area contributed by atoms with Crippen LogP contribution in [0.15, 0.2) is 6.20 Å². The fraction of sp³-hybridized carbons (Fsp3) is 0.700. The Hall–Kier alpha value is -0.860. The molecular formula is C10H17FN2. The van der Waals surface area contributed by atoms with E-state index in [1.165, 1.54) is 6.20 Å². The lowest BCUT2D eigenvalue weighted by Gasteiger charge is -2.07. The summed E-state index contributed by atoms with van der Waals surface area (Å²) in [4.78, 5) is 0. The van der Waals surface area contributed by atoms with E-state index in [1.807, 2.05) is 6.92 Å². The van der Waals surface area contributed by atoms with Gasteiger partial charge in [-0.25, -0.2) is 4.39 Å². The van der Waals surface area contributed by atoms with Crippen LogP contribution in [0.25, 0.3) is 0 Å². The van der Waals surface area contributed by atoms with Gasteiger partial charge in [-0.15, -0.1) is 0 Å². The standard InChI is InChI=1S/C10H17FN2/c1-4-10-9(11)7-12-13(10)6-5-8(2)3/h7-8H,4-6H2,1-3H3. The number of aryl methyl sites for hydroxylation is 1. The van der Waals surface area contributed by atoms with Crippen LogP contribution in [0.3, 0.4) is 0 Å². The molecule has 0 amide bonds. The molecule has 0 aromatic carbocycles. The summed E-state index contributed by atoms with van der Waals surface area (Å²) in [6, 6.07) is 0. The third-order valence-electron chi connectivity index (χ3n) is 2.15. The molecule has 0 bridgehead atoms. The van der Waals surface area contributed by atoms with Crippen molar-refractivity contribution in [2.45, 2.75) is 40.2 Å². The highest BCUT2D eigenvalue weighted by Gasteiger charge is 2.08. The molecule has 74 valence electrons. The third kappa shape index (κ3) is 2.54. The maximum absolute atomic E-state index is 13.1. The van der Waals surface area contributed by atoms with Gasteiger partial charge in [0.15, 0.2) is 5.82 Å². The fourth-order valence-corrected chi connectivity index (χ4v) is 1.31. The van der Waals surface area contributed by atoms with Crippen LogP contribution < -0.4 is 0 Å². The molecule has 0 aliphatic heterocycles. The number of rotatable bonds is 4. The summed E-state index contributed by atoms with van der Waals surface area (Å²) in [5.74, 6) is 0.461. The fourth-order valence-electron chi connectivity index (χ4n) is 1.31. The lowest BCUT2D eigenvalue weighted by molar-refractivity contribution is 0.471. The maximum atomic E-state index is 13.1. The molecule has 0 N–H and O–H groups in total. The van der Waals surface area contributed by atoms with E-state index in [0.29, 0.717) is 12.3 Å². The van der Waals surface area contributed by atoms with Crippen molar-refractivity contribution in [3.8, 4) is 0 Å². The van der Waals surface area contributed by atoms with E-state index in [4.69, 9.17) is 0 Å². The second-order valence-electron chi connectivity index (χ2n) is 3.70. The topological polar surface area (TPSA) is 17.8 Å². The molecule has 1 aromatic heterocycles. The lowest BCUT2D eigenvalue weighted by atomic mass is 10.1. The highest BCUT2D eigenvalue weighted by molar-refractivity contribution is 5.03. The summed E-state index contributed by atoms with van der Waals surface area (Å²) in [5, 5.41) is 4.00. The van der Waals surface area contributed by atoms with Crippen LogP contribution in [0.2, 0.25) is 0 Å². The predicted molar refractivity (Wildman–Crippen MR) is 51.0 cm³/mol. The molecule has 3 heteroatoms. The van der Waals surface area contributed by atoms with Crippen LogP contribution in [0.1, 0.15) is 32.9 Å². The maximum Gasteiger partial charge on any atom is 0.164 e. The van der Waals surface area contributed by atoms with Crippen molar-refractivity contribution < 1.29 is 4.39 Å². The third-order valence-corrected chi connectivity index (χ3v) is 2.15. The smallest absolute Gasteiger partial charge is 0.164 e. The van der Waals surface area contributed by atoms with Gasteiger partial charge in [0.25, 0.3) is 0 Å². The van der Waals surface area contributed by atoms with Gasteiger partial charge in [0, 0.05) is 6.54 Å². The SMILES string of the molecule is CCc1c(F)cnn1CCC(C)C. The molecule has 13 heavy (non-hydrogen) atoms. The minimum Gasteiger partial charge on any atom is -0.267 e. The highest BCUT2D eigenvalue weighted by atomic mass is 19.1. The van der Waals surface area contributed by atoms with E-state index < -0.39 is 0 Å². The summed E-state index contributed by atoms with van der Waals surface area (Å²) in [6.45, 7) is 7.09. The average molecular weight is 184 g/mol. The van der Waals surface area contributed by atoms with E-state index in [2.05, 4.69) is 18.9 Å². The summed E-state index contributed by atoms with van der Waals surface area (Å²) < 4.78 is 14.8. The Labute approximate surface area is 78.8 Å². The first-order valence-corrected chi connectivity index (χ1v) is 4.85. The molecule has 0 aliphatic carbocycles. The van der Waals surface area contributed by atoms with Crippen molar-refractivity contribution in [2.24, 2.45) is 5.92 Å². The zero-order valence-electron chi connectivity index (χ0n) is 8.55. The Morgan fingerprint density at radius 2 is 2.23 bits per heavy atom. The summed E-state index contributed by atoms with van der Waals surface area (Å²) >= 11 is 0. The van der Waals surface area contributed by atoms with Gasteiger partial charge in [-0.05, 0) is 18.8 Å². The van der Waals surface area contributed by atoms with Gasteiger partial charge in [0.05, 0.1) is 11.9 Å². The molecule has 0 saturated heterocycles. The van der Waals surface area contributed by atoms with E-state index >= 15 is 0 Å². The zero-order chi connectivity index (χ0) is 9.84. The Morgan fingerprint density at radius 3 is 2.77 bits per heavy atom. The lowest BCUT2D eigenvalue weighted by Crippen LogP contribution is -2.07. The van der Waals surface area contributed by atoms with Gasteiger partial charge in [0.1, 0.15) is 0 Å². The summed E-state index contributed by atoms with van der Waals surface area (Å²) in [5.41, 5.74) is 0.723.